The van der Waals surface area contributed by atoms with Crippen molar-refractivity contribution >= 4 is 22.8 Å². The van der Waals surface area contributed by atoms with E-state index >= 15 is 0 Å². The molecule has 2 rings (SSSR count). The van der Waals surface area contributed by atoms with E-state index in [1.807, 2.05) is 18.2 Å². The van der Waals surface area contributed by atoms with Crippen molar-refractivity contribution in [1.82, 2.24) is 4.67 Å². The lowest BCUT2D eigenvalue weighted by Gasteiger charge is -2.32. The third-order valence-corrected chi connectivity index (χ3v) is 4.18. The number of fused-ring (bicyclic) bond motifs is 1. The van der Waals surface area contributed by atoms with Crippen LogP contribution in [0.15, 0.2) is 18.2 Å². The molecule has 0 N–H and O–H groups in total. The first kappa shape index (κ1) is 10.8. The van der Waals surface area contributed by atoms with Gasteiger partial charge in [0.15, 0.2) is 0 Å². The first-order valence-corrected chi connectivity index (χ1v) is 6.47. The van der Waals surface area contributed by atoms with Crippen LogP contribution in [0, 0.1) is 0 Å². The molecule has 1 aliphatic heterocycles. The second-order valence-electron chi connectivity index (χ2n) is 3.69. The topological polar surface area (TPSA) is 29.5 Å². The smallest absolute Gasteiger partial charge is 0.257 e. The van der Waals surface area contributed by atoms with Crippen LogP contribution in [0.1, 0.15) is 11.1 Å². The van der Waals surface area contributed by atoms with E-state index in [2.05, 4.69) is 7.57 Å². The third-order valence-electron chi connectivity index (χ3n) is 2.52. The molecule has 1 heterocycles. The van der Waals surface area contributed by atoms with Crippen molar-refractivity contribution in [3.63, 3.8) is 0 Å². The fourth-order valence-corrected chi connectivity index (χ4v) is 2.54. The van der Waals surface area contributed by atoms with Crippen molar-refractivity contribution in [3.05, 3.63) is 29.3 Å². The summed E-state index contributed by atoms with van der Waals surface area (Å²) in [7, 11) is 8.00. The van der Waals surface area contributed by atoms with Crippen molar-refractivity contribution in [2.24, 2.45) is 0 Å². The molecule has 3 radical (unpaired) electrons. The van der Waals surface area contributed by atoms with Gasteiger partial charge in [0.25, 0.3) is 7.40 Å². The molecular weight excluding hydrogens is 207 g/mol. The van der Waals surface area contributed by atoms with E-state index < -0.39 is 7.40 Å². The molecule has 15 heavy (non-hydrogen) atoms. The normalized spacial score (nSPS) is 25.7. The van der Waals surface area contributed by atoms with E-state index in [0.717, 1.165) is 11.1 Å². The predicted molar refractivity (Wildman–Crippen MR) is 62.8 cm³/mol. The number of hydrogen-bond acceptors (Lipinski definition) is 2. The SMILES string of the molecule is [B]Cc1ccc2c(c1)CN(C)P([BH])(=O)O2. The number of hydrogen-bond donors (Lipinski definition) is 0. The summed E-state index contributed by atoms with van der Waals surface area (Å²) >= 11 is 0. The minimum Gasteiger partial charge on any atom is -0.440 e. The molecule has 0 aromatic heterocycles. The molecule has 1 aliphatic rings. The van der Waals surface area contributed by atoms with Gasteiger partial charge in [0.05, 0.1) is 7.85 Å². The van der Waals surface area contributed by atoms with Gasteiger partial charge in [-0.25, -0.2) is 4.67 Å². The highest BCUT2D eigenvalue weighted by Crippen LogP contribution is 2.50. The van der Waals surface area contributed by atoms with Gasteiger partial charge in [-0.3, -0.25) is 4.57 Å². The Kier molecular flexibility index (Phi) is 2.70. The zero-order valence-electron chi connectivity index (χ0n) is 8.64. The van der Waals surface area contributed by atoms with Crippen LogP contribution in [0.25, 0.3) is 0 Å². The molecule has 0 spiro atoms. The van der Waals surface area contributed by atoms with Gasteiger partial charge in [0.2, 0.25) is 7.57 Å². The Bertz CT molecular complexity index is 438. The summed E-state index contributed by atoms with van der Waals surface area (Å²) in [4.78, 5) is 0. The Labute approximate surface area is 92.1 Å². The van der Waals surface area contributed by atoms with Crippen LogP contribution in [0.4, 0.5) is 0 Å². The highest BCUT2D eigenvalue weighted by Gasteiger charge is 2.29. The number of benzene rings is 1. The Hall–Kier alpha value is -0.660. The molecule has 1 aromatic rings. The lowest BCUT2D eigenvalue weighted by molar-refractivity contribution is 0.373. The molecule has 3 nitrogen and oxygen atoms in total. The van der Waals surface area contributed by atoms with Crippen LogP contribution < -0.4 is 4.52 Å². The highest BCUT2D eigenvalue weighted by atomic mass is 31.2. The molecule has 1 unspecified atom stereocenters. The van der Waals surface area contributed by atoms with E-state index in [-0.39, 0.29) is 0 Å². The molecular formula is C9H11B2NO2P. The Balaban J connectivity index is 2.41. The minimum atomic E-state index is -2.88. The second-order valence-corrected chi connectivity index (χ2v) is 5.83. The molecule has 1 aromatic carbocycles. The van der Waals surface area contributed by atoms with Crippen molar-refractivity contribution < 1.29 is 9.09 Å². The van der Waals surface area contributed by atoms with Gasteiger partial charge in [-0.05, 0) is 13.1 Å². The van der Waals surface area contributed by atoms with Gasteiger partial charge in [0, 0.05) is 12.1 Å². The third kappa shape index (κ3) is 1.99. The second kappa shape index (κ2) is 3.73. The maximum Gasteiger partial charge on any atom is 0.257 e. The van der Waals surface area contributed by atoms with Gasteiger partial charge in [-0.15, -0.1) is 0 Å². The first-order valence-electron chi connectivity index (χ1n) is 4.70. The average molecular weight is 218 g/mol. The van der Waals surface area contributed by atoms with E-state index in [1.165, 1.54) is 0 Å². The molecule has 1 atom stereocenters. The number of rotatable bonds is 1. The van der Waals surface area contributed by atoms with E-state index in [1.54, 1.807) is 11.7 Å². The highest BCUT2D eigenvalue weighted by molar-refractivity contribution is 7.81. The lowest BCUT2D eigenvalue weighted by atomic mass is 9.95. The van der Waals surface area contributed by atoms with Crippen LogP contribution in [0.3, 0.4) is 0 Å². The van der Waals surface area contributed by atoms with Gasteiger partial charge in [-0.2, -0.15) is 0 Å². The maximum atomic E-state index is 11.9. The van der Waals surface area contributed by atoms with E-state index in [0.29, 0.717) is 18.6 Å². The molecule has 0 aliphatic carbocycles. The number of nitrogens with zero attached hydrogens (tertiary/aromatic N) is 1. The van der Waals surface area contributed by atoms with Crippen molar-refractivity contribution in [2.45, 2.75) is 12.9 Å². The summed E-state index contributed by atoms with van der Waals surface area (Å²) in [6.45, 7) is 0.587. The van der Waals surface area contributed by atoms with Gasteiger partial charge < -0.3 is 4.52 Å². The molecule has 0 saturated carbocycles. The Morgan fingerprint density at radius 1 is 1.67 bits per heavy atom. The summed E-state index contributed by atoms with van der Waals surface area (Å²) in [5, 5.41) is 0. The van der Waals surface area contributed by atoms with Crippen LogP contribution in [-0.4, -0.2) is 27.1 Å². The maximum absolute atomic E-state index is 11.9. The monoisotopic (exact) mass is 218 g/mol. The van der Waals surface area contributed by atoms with Crippen molar-refractivity contribution in [3.8, 4) is 5.75 Å². The largest absolute Gasteiger partial charge is 0.440 e. The summed E-state index contributed by atoms with van der Waals surface area (Å²) in [5.41, 5.74) is 2.06. The zero-order valence-corrected chi connectivity index (χ0v) is 9.54. The summed E-state index contributed by atoms with van der Waals surface area (Å²) in [6, 6.07) is 5.66. The first-order chi connectivity index (χ1) is 7.03. The quantitative estimate of drug-likeness (QED) is 0.523. The fourth-order valence-electron chi connectivity index (χ4n) is 1.55. The molecule has 6 heteroatoms. The van der Waals surface area contributed by atoms with Crippen molar-refractivity contribution in [1.29, 1.82) is 0 Å². The summed E-state index contributed by atoms with van der Waals surface area (Å²) < 4.78 is 18.8. The van der Waals surface area contributed by atoms with Crippen LogP contribution in [0.2, 0.25) is 0 Å². The molecule has 0 saturated heterocycles. The molecule has 0 fully saturated rings. The van der Waals surface area contributed by atoms with Gasteiger partial charge in [0.1, 0.15) is 5.75 Å². The standard InChI is InChI=1S/C9H11B2NO2P/c1-12-6-8-4-7(5-10)2-3-9(8)14-15(12,11)13/h2-4,11H,5-6H2,1H3. The van der Waals surface area contributed by atoms with Gasteiger partial charge >= 0.3 is 0 Å². The minimum absolute atomic E-state index is 0.499. The lowest BCUT2D eigenvalue weighted by Crippen LogP contribution is -2.23. The Morgan fingerprint density at radius 3 is 3.07 bits per heavy atom. The van der Waals surface area contributed by atoms with Gasteiger partial charge in [-0.1, -0.05) is 24.0 Å². The average Bonchev–Trinajstić information content (AvgIpc) is 2.19. The fraction of sp³-hybridized carbons (Fsp3) is 0.333. The zero-order chi connectivity index (χ0) is 11.1. The Morgan fingerprint density at radius 2 is 2.40 bits per heavy atom. The molecule has 0 amide bonds. The van der Waals surface area contributed by atoms with E-state index in [9.17, 15) is 4.57 Å². The molecule has 75 valence electrons. The van der Waals surface area contributed by atoms with Crippen LogP contribution in [-0.2, 0) is 17.4 Å². The van der Waals surface area contributed by atoms with Crippen molar-refractivity contribution in [2.75, 3.05) is 7.05 Å². The predicted octanol–water partition coefficient (Wildman–Crippen LogP) is 1.19. The molecule has 0 bridgehead atoms. The van der Waals surface area contributed by atoms with Crippen LogP contribution in [0.5, 0.6) is 5.75 Å². The van der Waals surface area contributed by atoms with E-state index in [4.69, 9.17) is 12.4 Å². The summed E-state index contributed by atoms with van der Waals surface area (Å²) in [5.74, 6) is 0.656. The van der Waals surface area contributed by atoms with Crippen LogP contribution >= 0.6 is 7.40 Å². The summed E-state index contributed by atoms with van der Waals surface area (Å²) in [6.07, 6.45) is 0.499.